The number of carboxylic acid groups (broad SMARTS) is 1. The van der Waals surface area contributed by atoms with Gasteiger partial charge in [-0.25, -0.2) is 18.0 Å². The van der Waals surface area contributed by atoms with Crippen molar-refractivity contribution < 1.29 is 27.9 Å². The van der Waals surface area contributed by atoms with Crippen molar-refractivity contribution in [3.63, 3.8) is 0 Å². The number of nitrogens with zero attached hydrogens (tertiary/aromatic N) is 1. The Hall–Kier alpha value is -3.64. The predicted octanol–water partition coefficient (Wildman–Crippen LogP) is 5.24. The molecule has 3 aromatic rings. The molecule has 0 bridgehead atoms. The lowest BCUT2D eigenvalue weighted by molar-refractivity contribution is -0.139. The first-order valence-corrected chi connectivity index (χ1v) is 15.0. The van der Waals surface area contributed by atoms with Crippen LogP contribution in [-0.4, -0.2) is 54.9 Å². The highest BCUT2D eigenvalue weighted by atomic mass is 35.5. The van der Waals surface area contributed by atoms with E-state index in [1.807, 2.05) is 0 Å². The zero-order chi connectivity index (χ0) is 29.6. The first-order valence-electron chi connectivity index (χ1n) is 12.8. The van der Waals surface area contributed by atoms with Gasteiger partial charge in [-0.05, 0) is 54.8 Å². The molecule has 10 nitrogen and oxygen atoms in total. The summed E-state index contributed by atoms with van der Waals surface area (Å²) in [5.41, 5.74) is 1.18. The fraction of sp³-hybridized carbons (Fsp3) is 0.250. The molecule has 0 spiro atoms. The van der Waals surface area contributed by atoms with Crippen LogP contribution in [0.2, 0.25) is 10.0 Å². The molecule has 1 heterocycles. The zero-order valence-corrected chi connectivity index (χ0v) is 24.1. The molecule has 1 fully saturated rings. The summed E-state index contributed by atoms with van der Waals surface area (Å²) in [6.07, 6.45) is 2.41. The van der Waals surface area contributed by atoms with Crippen LogP contribution in [0, 0.1) is 0 Å². The van der Waals surface area contributed by atoms with Crippen molar-refractivity contribution in [3.8, 4) is 0 Å². The number of rotatable bonds is 9. The predicted molar refractivity (Wildman–Crippen MR) is 157 cm³/mol. The number of anilines is 2. The topological polar surface area (TPSA) is 145 Å². The third-order valence-corrected chi connectivity index (χ3v) is 9.10. The lowest BCUT2D eigenvalue weighted by Crippen LogP contribution is -2.44. The normalized spacial score (nSPS) is 14.6. The SMILES string of the molecule is O=C(Nc1ccccc1S(=O)(=O)N1CCCCC1)NC(Cc1ccc(NC(=O)c2c(Cl)cccc2Cl)cc1)C(=O)O. The Kier molecular flexibility index (Phi) is 9.87. The van der Waals surface area contributed by atoms with E-state index in [4.69, 9.17) is 23.2 Å². The van der Waals surface area contributed by atoms with E-state index in [-0.39, 0.29) is 32.6 Å². The van der Waals surface area contributed by atoms with Crippen LogP contribution in [0.3, 0.4) is 0 Å². The molecule has 1 aliphatic heterocycles. The van der Waals surface area contributed by atoms with Crippen LogP contribution in [0.4, 0.5) is 16.2 Å². The van der Waals surface area contributed by atoms with Crippen molar-refractivity contribution in [3.05, 3.63) is 87.9 Å². The summed E-state index contributed by atoms with van der Waals surface area (Å²) in [7, 11) is -3.84. The Bertz CT molecular complexity index is 1520. The Labute approximate surface area is 247 Å². The van der Waals surface area contributed by atoms with Crippen molar-refractivity contribution in [2.75, 3.05) is 23.7 Å². The number of urea groups is 1. The van der Waals surface area contributed by atoms with Gasteiger partial charge in [-0.2, -0.15) is 4.31 Å². The summed E-state index contributed by atoms with van der Waals surface area (Å²) in [6.45, 7) is 0.806. The number of carboxylic acids is 1. The van der Waals surface area contributed by atoms with Gasteiger partial charge in [0.2, 0.25) is 10.0 Å². The molecule has 216 valence electrons. The number of piperidine rings is 1. The number of nitrogens with one attached hydrogen (secondary N) is 3. The number of aliphatic carboxylic acids is 1. The van der Waals surface area contributed by atoms with Gasteiger partial charge in [0.25, 0.3) is 5.91 Å². The van der Waals surface area contributed by atoms with Gasteiger partial charge in [-0.1, -0.05) is 60.0 Å². The number of halogens is 2. The number of hydrogen-bond donors (Lipinski definition) is 4. The van der Waals surface area contributed by atoms with Gasteiger partial charge in [0.15, 0.2) is 0 Å². The maximum atomic E-state index is 13.2. The summed E-state index contributed by atoms with van der Waals surface area (Å²) in [4.78, 5) is 37.3. The van der Waals surface area contributed by atoms with Crippen molar-refractivity contribution in [1.82, 2.24) is 9.62 Å². The highest BCUT2D eigenvalue weighted by molar-refractivity contribution is 7.89. The molecule has 1 atom stereocenters. The minimum atomic E-state index is -3.84. The minimum Gasteiger partial charge on any atom is -0.480 e. The molecule has 3 amide bonds. The monoisotopic (exact) mass is 618 g/mol. The first-order chi connectivity index (χ1) is 19.6. The van der Waals surface area contributed by atoms with Crippen LogP contribution < -0.4 is 16.0 Å². The van der Waals surface area contributed by atoms with Gasteiger partial charge in [0.05, 0.1) is 21.3 Å². The fourth-order valence-corrected chi connectivity index (χ4v) is 6.66. The average molecular weight is 620 g/mol. The van der Waals surface area contributed by atoms with Gasteiger partial charge in [0, 0.05) is 25.2 Å². The van der Waals surface area contributed by atoms with Crippen LogP contribution in [0.1, 0.15) is 35.2 Å². The van der Waals surface area contributed by atoms with Crippen LogP contribution in [0.5, 0.6) is 0 Å². The standard InChI is InChI=1S/C28H28Cl2N4O6S/c29-20-7-6-8-21(30)25(20)26(35)31-19-13-11-18(12-14-19)17-23(27(36)37)33-28(38)32-22-9-2-3-10-24(22)41(39,40)34-15-4-1-5-16-34/h2-3,6-14,23H,1,4-5,15-17H2,(H,31,35)(H,36,37)(H2,32,33,38). The molecule has 1 aliphatic rings. The zero-order valence-electron chi connectivity index (χ0n) is 21.8. The van der Waals surface area contributed by atoms with Crippen LogP contribution >= 0.6 is 23.2 Å². The summed E-state index contributed by atoms with van der Waals surface area (Å²) in [5.74, 6) is -1.78. The summed E-state index contributed by atoms with van der Waals surface area (Å²) < 4.78 is 27.8. The van der Waals surface area contributed by atoms with Gasteiger partial charge < -0.3 is 21.1 Å². The van der Waals surface area contributed by atoms with Gasteiger partial charge in [-0.3, -0.25) is 4.79 Å². The summed E-state index contributed by atoms with van der Waals surface area (Å²) in [5, 5.41) is 17.7. The first kappa shape index (κ1) is 30.3. The summed E-state index contributed by atoms with van der Waals surface area (Å²) in [6, 6.07) is 14.9. The van der Waals surface area contributed by atoms with Gasteiger partial charge in [0.1, 0.15) is 10.9 Å². The highest BCUT2D eigenvalue weighted by Crippen LogP contribution is 2.27. The maximum Gasteiger partial charge on any atom is 0.326 e. The third kappa shape index (κ3) is 7.56. The van der Waals surface area contributed by atoms with Crippen LogP contribution in [-0.2, 0) is 21.2 Å². The van der Waals surface area contributed by atoms with E-state index in [0.29, 0.717) is 24.3 Å². The lowest BCUT2D eigenvalue weighted by atomic mass is 10.1. The number of amides is 3. The van der Waals surface area contributed by atoms with E-state index >= 15 is 0 Å². The molecular weight excluding hydrogens is 591 g/mol. The Morgan fingerprint density at radius 3 is 2.12 bits per heavy atom. The molecule has 3 aromatic carbocycles. The third-order valence-electron chi connectivity index (χ3n) is 6.51. The second-order valence-corrected chi connectivity index (χ2v) is 12.1. The molecule has 41 heavy (non-hydrogen) atoms. The largest absolute Gasteiger partial charge is 0.480 e. The molecule has 0 aromatic heterocycles. The number of sulfonamides is 1. The van der Waals surface area contributed by atoms with Crippen LogP contribution in [0.25, 0.3) is 0 Å². The molecule has 1 saturated heterocycles. The quantitative estimate of drug-likeness (QED) is 0.258. The Morgan fingerprint density at radius 1 is 0.854 bits per heavy atom. The van der Waals surface area contributed by atoms with E-state index < -0.39 is 34.0 Å². The van der Waals surface area contributed by atoms with E-state index in [0.717, 1.165) is 19.3 Å². The smallest absolute Gasteiger partial charge is 0.326 e. The average Bonchev–Trinajstić information content (AvgIpc) is 2.94. The molecule has 0 aliphatic carbocycles. The molecule has 0 radical (unpaired) electrons. The molecule has 4 N–H and O–H groups in total. The van der Waals surface area contributed by atoms with Crippen molar-refractivity contribution in [2.24, 2.45) is 0 Å². The minimum absolute atomic E-state index is 0.0541. The van der Waals surface area contributed by atoms with Crippen molar-refractivity contribution in [2.45, 2.75) is 36.6 Å². The van der Waals surface area contributed by atoms with Gasteiger partial charge in [-0.15, -0.1) is 0 Å². The molecule has 0 saturated carbocycles. The van der Waals surface area contributed by atoms with E-state index in [9.17, 15) is 27.9 Å². The van der Waals surface area contributed by atoms with Crippen molar-refractivity contribution >= 4 is 62.5 Å². The van der Waals surface area contributed by atoms with E-state index in [1.165, 1.54) is 16.4 Å². The Balaban J connectivity index is 1.41. The second-order valence-electron chi connectivity index (χ2n) is 9.40. The maximum absolute atomic E-state index is 13.2. The number of carbonyl (C=O) groups excluding carboxylic acids is 2. The lowest BCUT2D eigenvalue weighted by Gasteiger charge is -2.27. The Morgan fingerprint density at radius 2 is 1.49 bits per heavy atom. The molecule has 1 unspecified atom stereocenters. The van der Waals surface area contributed by atoms with Crippen LogP contribution in [0.15, 0.2) is 71.6 Å². The molecule has 13 heteroatoms. The van der Waals surface area contributed by atoms with E-state index in [2.05, 4.69) is 16.0 Å². The van der Waals surface area contributed by atoms with Crippen molar-refractivity contribution in [1.29, 1.82) is 0 Å². The number of carbonyl (C=O) groups is 3. The number of para-hydroxylation sites is 1. The van der Waals surface area contributed by atoms with Gasteiger partial charge >= 0.3 is 12.0 Å². The fourth-order valence-electron chi connectivity index (χ4n) is 4.42. The highest BCUT2D eigenvalue weighted by Gasteiger charge is 2.29. The molecule has 4 rings (SSSR count). The molecular formula is C28H28Cl2N4O6S. The summed E-state index contributed by atoms with van der Waals surface area (Å²) >= 11 is 12.2. The second kappa shape index (κ2) is 13.3. The number of hydrogen-bond acceptors (Lipinski definition) is 5. The van der Waals surface area contributed by atoms with E-state index in [1.54, 1.807) is 54.6 Å². The number of benzene rings is 3.